The maximum absolute atomic E-state index is 10.1. The van der Waals surface area contributed by atoms with E-state index < -0.39 is 6.10 Å². The average molecular weight is 208 g/mol. The number of aromatic nitrogens is 2. The van der Waals surface area contributed by atoms with Crippen LogP contribution in [0.1, 0.15) is 30.3 Å². The molecule has 1 N–H and O–H groups in total. The molecule has 82 valence electrons. The zero-order chi connectivity index (χ0) is 10.7. The Morgan fingerprint density at radius 1 is 1.47 bits per heavy atom. The van der Waals surface area contributed by atoms with E-state index in [0.29, 0.717) is 12.3 Å². The summed E-state index contributed by atoms with van der Waals surface area (Å²) in [5.74, 6) is 0.163. The third-order valence-corrected chi connectivity index (χ3v) is 2.75. The summed E-state index contributed by atoms with van der Waals surface area (Å²) in [6.45, 7) is 3.31. The van der Waals surface area contributed by atoms with Crippen molar-refractivity contribution in [2.45, 2.75) is 25.9 Å². The number of hydrogen-bond donors (Lipinski definition) is 1. The monoisotopic (exact) mass is 208 g/mol. The van der Waals surface area contributed by atoms with Crippen LogP contribution < -0.4 is 0 Å². The standard InChI is InChI=1S/C11H16N2O2/c1-8-5-13-10(6-12-8)11(14)9-3-2-4-15-7-9/h5-6,9,11,14H,2-4,7H2,1H3. The first-order valence-corrected chi connectivity index (χ1v) is 5.32. The normalized spacial score (nSPS) is 23.7. The van der Waals surface area contributed by atoms with Gasteiger partial charge in [-0.15, -0.1) is 0 Å². The third kappa shape index (κ3) is 2.52. The van der Waals surface area contributed by atoms with Crippen LogP contribution in [-0.4, -0.2) is 28.3 Å². The van der Waals surface area contributed by atoms with E-state index >= 15 is 0 Å². The molecule has 0 saturated carbocycles. The van der Waals surface area contributed by atoms with E-state index in [9.17, 15) is 5.11 Å². The van der Waals surface area contributed by atoms with Gasteiger partial charge in [-0.3, -0.25) is 9.97 Å². The van der Waals surface area contributed by atoms with Gasteiger partial charge in [0.2, 0.25) is 0 Å². The molecule has 2 rings (SSSR count). The van der Waals surface area contributed by atoms with Crippen LogP contribution in [0.2, 0.25) is 0 Å². The highest BCUT2D eigenvalue weighted by Crippen LogP contribution is 2.26. The molecule has 1 fully saturated rings. The Hall–Kier alpha value is -1.00. The van der Waals surface area contributed by atoms with Gasteiger partial charge < -0.3 is 9.84 Å². The summed E-state index contributed by atoms with van der Waals surface area (Å²) in [7, 11) is 0. The molecule has 1 aromatic heterocycles. The lowest BCUT2D eigenvalue weighted by molar-refractivity contribution is -0.0117. The van der Waals surface area contributed by atoms with Crippen LogP contribution in [0.4, 0.5) is 0 Å². The first kappa shape index (κ1) is 10.5. The minimum absolute atomic E-state index is 0.163. The molecule has 2 atom stereocenters. The molecule has 2 unspecified atom stereocenters. The van der Waals surface area contributed by atoms with Crippen molar-refractivity contribution in [3.05, 3.63) is 23.8 Å². The number of hydrogen-bond acceptors (Lipinski definition) is 4. The van der Waals surface area contributed by atoms with Crippen molar-refractivity contribution >= 4 is 0 Å². The van der Waals surface area contributed by atoms with Crippen LogP contribution >= 0.6 is 0 Å². The lowest BCUT2D eigenvalue weighted by atomic mass is 9.94. The predicted octanol–water partition coefficient (Wildman–Crippen LogP) is 1.25. The molecule has 4 nitrogen and oxygen atoms in total. The van der Waals surface area contributed by atoms with Crippen molar-refractivity contribution in [2.75, 3.05) is 13.2 Å². The molecule has 0 radical (unpaired) electrons. The largest absolute Gasteiger partial charge is 0.386 e. The average Bonchev–Trinajstić information content (AvgIpc) is 2.30. The van der Waals surface area contributed by atoms with E-state index in [-0.39, 0.29) is 5.92 Å². The Morgan fingerprint density at radius 2 is 2.33 bits per heavy atom. The van der Waals surface area contributed by atoms with Crippen LogP contribution in [0.5, 0.6) is 0 Å². The van der Waals surface area contributed by atoms with Gasteiger partial charge in [0.15, 0.2) is 0 Å². The van der Waals surface area contributed by atoms with Crippen molar-refractivity contribution in [3.8, 4) is 0 Å². The molecule has 0 bridgehead atoms. The molecule has 1 aliphatic rings. The van der Waals surface area contributed by atoms with E-state index in [1.54, 1.807) is 12.4 Å². The molecule has 0 aromatic carbocycles. The second kappa shape index (κ2) is 4.68. The maximum atomic E-state index is 10.1. The zero-order valence-electron chi connectivity index (χ0n) is 8.89. The van der Waals surface area contributed by atoms with Gasteiger partial charge >= 0.3 is 0 Å². The minimum Gasteiger partial charge on any atom is -0.386 e. The third-order valence-electron chi connectivity index (χ3n) is 2.75. The Kier molecular flexibility index (Phi) is 3.28. The van der Waals surface area contributed by atoms with Gasteiger partial charge in [0.25, 0.3) is 0 Å². The molecular formula is C11H16N2O2. The summed E-state index contributed by atoms with van der Waals surface area (Å²) >= 11 is 0. The first-order valence-electron chi connectivity index (χ1n) is 5.32. The summed E-state index contributed by atoms with van der Waals surface area (Å²) < 4.78 is 5.34. The van der Waals surface area contributed by atoms with Gasteiger partial charge in [0, 0.05) is 18.7 Å². The van der Waals surface area contributed by atoms with Crippen LogP contribution in [0.25, 0.3) is 0 Å². The zero-order valence-corrected chi connectivity index (χ0v) is 8.89. The Balaban J connectivity index is 2.05. The summed E-state index contributed by atoms with van der Waals surface area (Å²) in [4.78, 5) is 8.32. The lowest BCUT2D eigenvalue weighted by Crippen LogP contribution is -2.24. The molecule has 1 aliphatic heterocycles. The molecular weight excluding hydrogens is 192 g/mol. The van der Waals surface area contributed by atoms with Crippen molar-refractivity contribution in [1.29, 1.82) is 0 Å². The Bertz CT molecular complexity index is 307. The number of aliphatic hydroxyl groups is 1. The van der Waals surface area contributed by atoms with Gasteiger partial charge in [-0.2, -0.15) is 0 Å². The van der Waals surface area contributed by atoms with Gasteiger partial charge in [0.1, 0.15) is 6.10 Å². The highest BCUT2D eigenvalue weighted by Gasteiger charge is 2.24. The number of aryl methyl sites for hydroxylation is 1. The second-order valence-electron chi connectivity index (χ2n) is 4.00. The van der Waals surface area contributed by atoms with Gasteiger partial charge in [-0.05, 0) is 19.8 Å². The maximum Gasteiger partial charge on any atom is 0.102 e. The Labute approximate surface area is 89.3 Å². The van der Waals surface area contributed by atoms with Crippen molar-refractivity contribution < 1.29 is 9.84 Å². The lowest BCUT2D eigenvalue weighted by Gasteiger charge is -2.26. The molecule has 0 aliphatic carbocycles. The van der Waals surface area contributed by atoms with E-state index in [0.717, 1.165) is 25.1 Å². The van der Waals surface area contributed by atoms with Gasteiger partial charge in [0.05, 0.1) is 24.2 Å². The quantitative estimate of drug-likeness (QED) is 0.794. The molecule has 0 amide bonds. The number of ether oxygens (including phenoxy) is 1. The molecule has 2 heterocycles. The van der Waals surface area contributed by atoms with Gasteiger partial charge in [-0.1, -0.05) is 0 Å². The SMILES string of the molecule is Cc1cnc(C(O)C2CCCOC2)cn1. The second-order valence-corrected chi connectivity index (χ2v) is 4.00. The fourth-order valence-corrected chi connectivity index (χ4v) is 1.81. The van der Waals surface area contributed by atoms with Crippen molar-refractivity contribution in [1.82, 2.24) is 9.97 Å². The minimum atomic E-state index is -0.543. The predicted molar refractivity (Wildman–Crippen MR) is 55.3 cm³/mol. The van der Waals surface area contributed by atoms with Crippen LogP contribution in [-0.2, 0) is 4.74 Å². The van der Waals surface area contributed by atoms with Crippen molar-refractivity contribution in [3.63, 3.8) is 0 Å². The molecule has 4 heteroatoms. The van der Waals surface area contributed by atoms with Gasteiger partial charge in [-0.25, -0.2) is 0 Å². The molecule has 0 spiro atoms. The fourth-order valence-electron chi connectivity index (χ4n) is 1.81. The summed E-state index contributed by atoms with van der Waals surface area (Å²) in [6.07, 6.45) is 4.80. The summed E-state index contributed by atoms with van der Waals surface area (Å²) in [5, 5.41) is 10.1. The molecule has 15 heavy (non-hydrogen) atoms. The van der Waals surface area contributed by atoms with Crippen molar-refractivity contribution in [2.24, 2.45) is 5.92 Å². The molecule has 1 saturated heterocycles. The highest BCUT2D eigenvalue weighted by molar-refractivity contribution is 5.05. The fraction of sp³-hybridized carbons (Fsp3) is 0.636. The van der Waals surface area contributed by atoms with E-state index in [4.69, 9.17) is 4.74 Å². The molecule has 1 aromatic rings. The van der Waals surface area contributed by atoms with E-state index in [1.165, 1.54) is 0 Å². The van der Waals surface area contributed by atoms with E-state index in [2.05, 4.69) is 9.97 Å². The van der Waals surface area contributed by atoms with Crippen LogP contribution in [0, 0.1) is 12.8 Å². The summed E-state index contributed by atoms with van der Waals surface area (Å²) in [6, 6.07) is 0. The number of nitrogens with zero attached hydrogens (tertiary/aromatic N) is 2. The first-order chi connectivity index (χ1) is 7.27. The van der Waals surface area contributed by atoms with Crippen LogP contribution in [0.15, 0.2) is 12.4 Å². The highest BCUT2D eigenvalue weighted by atomic mass is 16.5. The topological polar surface area (TPSA) is 55.2 Å². The smallest absolute Gasteiger partial charge is 0.102 e. The van der Waals surface area contributed by atoms with Crippen LogP contribution in [0.3, 0.4) is 0 Å². The summed E-state index contributed by atoms with van der Waals surface area (Å²) in [5.41, 5.74) is 1.52. The van der Waals surface area contributed by atoms with E-state index in [1.807, 2.05) is 6.92 Å². The Morgan fingerprint density at radius 3 is 2.93 bits per heavy atom. The number of rotatable bonds is 2. The number of aliphatic hydroxyl groups excluding tert-OH is 1.